The van der Waals surface area contributed by atoms with Crippen molar-refractivity contribution >= 4 is 53.1 Å². The predicted octanol–water partition coefficient (Wildman–Crippen LogP) is 11.2. The largest absolute Gasteiger partial charge is 0.208 e. The van der Waals surface area contributed by atoms with Crippen molar-refractivity contribution in [3.63, 3.8) is 0 Å². The predicted molar refractivity (Wildman–Crippen MR) is 189 cm³/mol. The van der Waals surface area contributed by atoms with Crippen molar-refractivity contribution in [2.75, 3.05) is 0 Å². The molecule has 210 valence electrons. The molecule has 7 aromatic carbocycles. The number of hydrogen-bond donors (Lipinski definition) is 0. The molecular weight excluding hydrogens is 567 g/mol. The van der Waals surface area contributed by atoms with E-state index in [9.17, 15) is 0 Å². The first kappa shape index (κ1) is 25.8. The molecule has 45 heavy (non-hydrogen) atoms. The summed E-state index contributed by atoms with van der Waals surface area (Å²) in [6.45, 7) is 0. The fourth-order valence-corrected chi connectivity index (χ4v) is 7.53. The fraction of sp³-hybridized carbons (Fsp3) is 0. The number of thiophene rings is 1. The van der Waals surface area contributed by atoms with Crippen LogP contribution in [-0.2, 0) is 0 Å². The monoisotopic (exact) mass is 591 g/mol. The molecule has 0 saturated heterocycles. The summed E-state index contributed by atoms with van der Waals surface area (Å²) >= 11 is 1.83. The SMILES string of the molecule is c1ccc(-c2ccc(-c3nc(-c4ccc5ccccc5c4)nc(-c4cccc5sc6c7ccccc7ccc6c45)n3)cc2)cc1. The van der Waals surface area contributed by atoms with Crippen LogP contribution in [0.5, 0.6) is 0 Å². The Morgan fingerprint density at radius 1 is 0.378 bits per heavy atom. The van der Waals surface area contributed by atoms with Crippen molar-refractivity contribution < 1.29 is 0 Å². The molecular formula is C41H25N3S. The first-order valence-corrected chi connectivity index (χ1v) is 15.8. The van der Waals surface area contributed by atoms with Gasteiger partial charge in [0.15, 0.2) is 17.5 Å². The van der Waals surface area contributed by atoms with Crippen molar-refractivity contribution in [2.24, 2.45) is 0 Å². The molecule has 0 radical (unpaired) electrons. The average Bonchev–Trinajstić information content (AvgIpc) is 3.51. The van der Waals surface area contributed by atoms with Crippen LogP contribution in [0.2, 0.25) is 0 Å². The Kier molecular flexibility index (Phi) is 6.00. The molecule has 2 aromatic heterocycles. The lowest BCUT2D eigenvalue weighted by Crippen LogP contribution is -2.00. The molecule has 0 unspecified atom stereocenters. The molecule has 4 heteroatoms. The summed E-state index contributed by atoms with van der Waals surface area (Å²) in [5.74, 6) is 1.99. The molecule has 0 bridgehead atoms. The maximum Gasteiger partial charge on any atom is 0.164 e. The Morgan fingerprint density at radius 3 is 1.84 bits per heavy atom. The van der Waals surface area contributed by atoms with Crippen molar-refractivity contribution in [3.8, 4) is 45.3 Å². The van der Waals surface area contributed by atoms with Crippen LogP contribution in [0.1, 0.15) is 0 Å². The normalized spacial score (nSPS) is 11.6. The van der Waals surface area contributed by atoms with Gasteiger partial charge in [0.1, 0.15) is 0 Å². The van der Waals surface area contributed by atoms with Gasteiger partial charge in [-0.25, -0.2) is 15.0 Å². The number of nitrogens with zero attached hydrogens (tertiary/aromatic N) is 3. The van der Waals surface area contributed by atoms with Gasteiger partial charge in [-0.3, -0.25) is 0 Å². The molecule has 0 amide bonds. The molecule has 0 atom stereocenters. The first-order chi connectivity index (χ1) is 22.3. The molecule has 9 aromatic rings. The third-order valence-electron chi connectivity index (χ3n) is 8.52. The van der Waals surface area contributed by atoms with E-state index in [0.29, 0.717) is 17.5 Å². The van der Waals surface area contributed by atoms with E-state index in [1.165, 1.54) is 41.9 Å². The Balaban J connectivity index is 1.27. The Hall–Kier alpha value is -5.71. The molecule has 0 aliphatic carbocycles. The minimum absolute atomic E-state index is 0.657. The van der Waals surface area contributed by atoms with Crippen molar-refractivity contribution in [3.05, 3.63) is 152 Å². The van der Waals surface area contributed by atoms with E-state index in [1.807, 2.05) is 17.4 Å². The second-order valence-corrected chi connectivity index (χ2v) is 12.3. The van der Waals surface area contributed by atoms with Gasteiger partial charge in [0.25, 0.3) is 0 Å². The van der Waals surface area contributed by atoms with Crippen LogP contribution < -0.4 is 0 Å². The van der Waals surface area contributed by atoms with Crippen LogP contribution in [0.4, 0.5) is 0 Å². The number of benzene rings is 7. The van der Waals surface area contributed by atoms with E-state index in [4.69, 9.17) is 15.0 Å². The quantitative estimate of drug-likeness (QED) is 0.204. The van der Waals surface area contributed by atoms with E-state index in [0.717, 1.165) is 27.6 Å². The van der Waals surface area contributed by atoms with Crippen molar-refractivity contribution in [1.82, 2.24) is 15.0 Å². The zero-order chi connectivity index (χ0) is 29.7. The minimum Gasteiger partial charge on any atom is -0.208 e. The Bertz CT molecular complexity index is 2530. The van der Waals surface area contributed by atoms with Crippen molar-refractivity contribution in [2.45, 2.75) is 0 Å². The van der Waals surface area contributed by atoms with Gasteiger partial charge in [0, 0.05) is 36.9 Å². The molecule has 2 heterocycles. The lowest BCUT2D eigenvalue weighted by molar-refractivity contribution is 1.08. The zero-order valence-corrected chi connectivity index (χ0v) is 25.0. The summed E-state index contributed by atoms with van der Waals surface area (Å²) < 4.78 is 2.51. The number of fused-ring (bicyclic) bond motifs is 6. The molecule has 0 fully saturated rings. The van der Waals surface area contributed by atoms with Gasteiger partial charge in [-0.15, -0.1) is 11.3 Å². The van der Waals surface area contributed by atoms with Crippen molar-refractivity contribution in [1.29, 1.82) is 0 Å². The third kappa shape index (κ3) is 4.46. The third-order valence-corrected chi connectivity index (χ3v) is 9.73. The Labute approximate surface area is 264 Å². The summed E-state index contributed by atoms with van der Waals surface area (Å²) in [7, 11) is 0. The van der Waals surface area contributed by atoms with Crippen LogP contribution >= 0.6 is 11.3 Å². The van der Waals surface area contributed by atoms with Crippen LogP contribution in [-0.4, -0.2) is 15.0 Å². The number of hydrogen-bond acceptors (Lipinski definition) is 4. The molecule has 3 nitrogen and oxygen atoms in total. The van der Waals surface area contributed by atoms with Gasteiger partial charge in [0.2, 0.25) is 0 Å². The van der Waals surface area contributed by atoms with Crippen LogP contribution in [0.3, 0.4) is 0 Å². The van der Waals surface area contributed by atoms with Crippen LogP contribution in [0.15, 0.2) is 152 Å². The minimum atomic E-state index is 0.657. The molecule has 0 saturated carbocycles. The van der Waals surface area contributed by atoms with Gasteiger partial charge in [-0.1, -0.05) is 140 Å². The summed E-state index contributed by atoms with van der Waals surface area (Å²) in [6.07, 6.45) is 0. The molecule has 9 rings (SSSR count). The van der Waals surface area contributed by atoms with E-state index < -0.39 is 0 Å². The summed E-state index contributed by atoms with van der Waals surface area (Å²) in [5.41, 5.74) is 5.27. The summed E-state index contributed by atoms with van der Waals surface area (Å²) in [4.78, 5) is 15.4. The zero-order valence-electron chi connectivity index (χ0n) is 24.2. The molecule has 0 aliphatic heterocycles. The van der Waals surface area contributed by atoms with Gasteiger partial charge in [0.05, 0.1) is 0 Å². The van der Waals surface area contributed by atoms with Gasteiger partial charge >= 0.3 is 0 Å². The highest BCUT2D eigenvalue weighted by Gasteiger charge is 2.18. The van der Waals surface area contributed by atoms with Gasteiger partial charge in [-0.2, -0.15) is 0 Å². The maximum atomic E-state index is 5.15. The number of rotatable bonds is 4. The topological polar surface area (TPSA) is 38.7 Å². The molecule has 0 N–H and O–H groups in total. The summed E-state index contributed by atoms with van der Waals surface area (Å²) in [5, 5.41) is 7.28. The molecule has 0 aliphatic rings. The fourth-order valence-electron chi connectivity index (χ4n) is 6.27. The van der Waals surface area contributed by atoms with Gasteiger partial charge < -0.3 is 0 Å². The lowest BCUT2D eigenvalue weighted by atomic mass is 10.0. The van der Waals surface area contributed by atoms with Crippen LogP contribution in [0.25, 0.3) is 87.0 Å². The van der Waals surface area contributed by atoms with Crippen LogP contribution in [0, 0.1) is 0 Å². The standard InChI is InChI=1S/C41H25N3S/c1-2-9-26(10-3-1)28-17-20-30(21-18-28)39-42-40(32-22-19-27-11-4-5-13-31(27)25-32)44-41(43-39)35-15-8-16-36-37(35)34-24-23-29-12-6-7-14-33(29)38(34)45-36/h1-25H. The highest BCUT2D eigenvalue weighted by Crippen LogP contribution is 2.42. The highest BCUT2D eigenvalue weighted by atomic mass is 32.1. The molecule has 0 spiro atoms. The van der Waals surface area contributed by atoms with E-state index in [2.05, 4.69) is 146 Å². The smallest absolute Gasteiger partial charge is 0.164 e. The second kappa shape index (κ2) is 10.5. The highest BCUT2D eigenvalue weighted by molar-refractivity contribution is 7.26. The average molecular weight is 592 g/mol. The summed E-state index contributed by atoms with van der Waals surface area (Å²) in [6, 6.07) is 53.3. The van der Waals surface area contributed by atoms with E-state index in [1.54, 1.807) is 0 Å². The second-order valence-electron chi connectivity index (χ2n) is 11.3. The van der Waals surface area contributed by atoms with Gasteiger partial charge in [-0.05, 0) is 44.8 Å². The lowest BCUT2D eigenvalue weighted by Gasteiger charge is -2.11. The number of aromatic nitrogens is 3. The maximum absolute atomic E-state index is 5.15. The Morgan fingerprint density at radius 2 is 1.00 bits per heavy atom. The first-order valence-electron chi connectivity index (χ1n) is 15.0. The van der Waals surface area contributed by atoms with E-state index in [-0.39, 0.29) is 0 Å². The van der Waals surface area contributed by atoms with E-state index >= 15 is 0 Å².